The van der Waals surface area contributed by atoms with E-state index in [1.54, 1.807) is 11.7 Å². The van der Waals surface area contributed by atoms with Gasteiger partial charge in [0.2, 0.25) is 0 Å². The molecule has 0 bridgehead atoms. The average Bonchev–Trinajstić information content (AvgIpc) is 3.03. The number of likely N-dealkylation sites (N-methyl/N-ethyl adjacent to an activating group) is 1. The number of alkyl halides is 1. The van der Waals surface area contributed by atoms with Gasteiger partial charge in [-0.25, -0.2) is 23.0 Å². The van der Waals surface area contributed by atoms with Crippen LogP contribution in [0, 0.1) is 0 Å². The molecule has 3 heterocycles. The summed E-state index contributed by atoms with van der Waals surface area (Å²) in [7, 11) is -1.59. The number of halogens is 1. The van der Waals surface area contributed by atoms with Crippen LogP contribution in [0.15, 0.2) is 0 Å². The van der Waals surface area contributed by atoms with Crippen LogP contribution in [-0.2, 0) is 28.1 Å². The van der Waals surface area contributed by atoms with Crippen molar-refractivity contribution in [3.63, 3.8) is 0 Å². The van der Waals surface area contributed by atoms with Crippen LogP contribution in [-0.4, -0.2) is 106 Å². The van der Waals surface area contributed by atoms with E-state index in [0.717, 1.165) is 25.7 Å². The lowest BCUT2D eigenvalue weighted by Crippen LogP contribution is -2.59. The highest BCUT2D eigenvalue weighted by Gasteiger charge is 2.74. The molecule has 14 heteroatoms. The molecule has 4 aliphatic rings. The van der Waals surface area contributed by atoms with E-state index in [9.17, 15) is 30.0 Å². The van der Waals surface area contributed by atoms with Crippen LogP contribution in [0.1, 0.15) is 32.1 Å². The largest absolute Gasteiger partial charge is 0.529 e. The van der Waals surface area contributed by atoms with E-state index < -0.39 is 76.0 Å². The lowest BCUT2D eigenvalue weighted by molar-refractivity contribution is -0.302. The normalized spacial score (nSPS) is 47.2. The summed E-state index contributed by atoms with van der Waals surface area (Å²) in [5, 5.41) is 41.8. The fraction of sp³-hybridized carbons (Fsp3) is 0.889. The molecule has 4 fully saturated rings. The molecule has 3 saturated heterocycles. The molecule has 4 rings (SSSR count). The summed E-state index contributed by atoms with van der Waals surface area (Å²) in [5.74, 6) is -2.75. The molecule has 32 heavy (non-hydrogen) atoms. The third kappa shape index (κ3) is 3.93. The maximum Gasteiger partial charge on any atom is 0.529 e. The number of nitrogens with one attached hydrogen (secondary N) is 1. The molecule has 12 nitrogen and oxygen atoms in total. The molecule has 7 atom stereocenters. The zero-order valence-corrected chi connectivity index (χ0v) is 18.4. The third-order valence-electron chi connectivity index (χ3n) is 6.59. The van der Waals surface area contributed by atoms with Crippen LogP contribution in [0.5, 0.6) is 0 Å². The fourth-order valence-electron chi connectivity index (χ4n) is 4.58. The number of aliphatic hydroxyl groups excluding tert-OH is 4. The standard InChI is InChI=1S/C18H29FN2O10P/c1-21-10-5-3-2-4-9(10)20-32(21)30-16(26)18(19,17(27)31-32)6-7-28-15-14(25)13(24)12(23)11(8-22)29-15/h9-15,20,22-25H,2-8H2,1H3/q+1. The number of carbonyl (C=O) groups excluding carboxylic acids is 2. The Kier molecular flexibility index (Phi) is 6.76. The highest BCUT2D eigenvalue weighted by molar-refractivity contribution is 7.63. The Morgan fingerprint density at radius 1 is 1.16 bits per heavy atom. The second-order valence-electron chi connectivity index (χ2n) is 8.56. The first-order chi connectivity index (χ1) is 15.1. The minimum absolute atomic E-state index is 0.00989. The molecule has 1 aliphatic carbocycles. The molecule has 1 saturated carbocycles. The molecule has 7 unspecified atom stereocenters. The molecule has 0 aromatic carbocycles. The second kappa shape index (κ2) is 8.97. The van der Waals surface area contributed by atoms with Crippen LogP contribution < -0.4 is 5.09 Å². The van der Waals surface area contributed by atoms with Crippen molar-refractivity contribution in [2.24, 2.45) is 0 Å². The zero-order valence-electron chi connectivity index (χ0n) is 17.5. The molecule has 3 aliphatic heterocycles. The van der Waals surface area contributed by atoms with Crippen LogP contribution in [0.25, 0.3) is 0 Å². The number of nitrogens with zero attached hydrogens (tertiary/aromatic N) is 1. The Labute approximate surface area is 184 Å². The Morgan fingerprint density at radius 2 is 1.81 bits per heavy atom. The summed E-state index contributed by atoms with van der Waals surface area (Å²) < 4.78 is 38.2. The first-order valence-corrected chi connectivity index (χ1v) is 12.2. The molecule has 1 spiro atoms. The van der Waals surface area contributed by atoms with Gasteiger partial charge in [-0.15, -0.1) is 5.09 Å². The summed E-state index contributed by atoms with van der Waals surface area (Å²) in [6.07, 6.45) is -4.79. The number of hydrogen-bond donors (Lipinski definition) is 5. The third-order valence-corrected chi connectivity index (χ3v) is 9.20. The van der Waals surface area contributed by atoms with E-state index in [4.69, 9.17) is 18.5 Å². The van der Waals surface area contributed by atoms with Crippen LogP contribution >= 0.6 is 8.02 Å². The Bertz CT molecular complexity index is 727. The van der Waals surface area contributed by atoms with Gasteiger partial charge in [-0.05, 0) is 12.8 Å². The number of aliphatic hydroxyl groups is 4. The summed E-state index contributed by atoms with van der Waals surface area (Å²) in [6.45, 7) is -1.24. The summed E-state index contributed by atoms with van der Waals surface area (Å²) in [4.78, 5) is 25.2. The maximum atomic E-state index is 15.3. The molecule has 0 radical (unpaired) electrons. The van der Waals surface area contributed by atoms with Gasteiger partial charge in [0.05, 0.1) is 25.3 Å². The van der Waals surface area contributed by atoms with E-state index in [1.165, 1.54) is 0 Å². The fourth-order valence-corrected chi connectivity index (χ4v) is 7.29. The van der Waals surface area contributed by atoms with Crippen molar-refractivity contribution in [1.82, 2.24) is 9.76 Å². The minimum Gasteiger partial charge on any atom is -0.394 e. The van der Waals surface area contributed by atoms with Crippen molar-refractivity contribution >= 4 is 20.0 Å². The smallest absolute Gasteiger partial charge is 0.394 e. The average molecular weight is 483 g/mol. The SMILES string of the molecule is CN1C2CCCCC2N[P+]12OC(=O)C(F)(CCOC1OC(CO)C(O)C(O)C1O)C(=O)O2. The predicted molar refractivity (Wildman–Crippen MR) is 104 cm³/mol. The highest BCUT2D eigenvalue weighted by atomic mass is 31.2. The maximum absolute atomic E-state index is 15.3. The topological polar surface area (TPSA) is 167 Å². The first-order valence-electron chi connectivity index (χ1n) is 10.6. The number of carbonyl (C=O) groups is 2. The molecule has 0 amide bonds. The van der Waals surface area contributed by atoms with Gasteiger partial charge in [0.15, 0.2) is 6.29 Å². The predicted octanol–water partition coefficient (Wildman–Crippen LogP) is -1.47. The van der Waals surface area contributed by atoms with Crippen LogP contribution in [0.4, 0.5) is 4.39 Å². The van der Waals surface area contributed by atoms with Crippen molar-refractivity contribution in [3.8, 4) is 0 Å². The molecular formula is C18H29FN2O10P+. The summed E-state index contributed by atoms with van der Waals surface area (Å²) in [5.41, 5.74) is -3.12. The summed E-state index contributed by atoms with van der Waals surface area (Å²) >= 11 is 0. The van der Waals surface area contributed by atoms with Crippen molar-refractivity contribution < 1.29 is 52.9 Å². The first kappa shape index (κ1) is 24.1. The molecule has 0 aromatic heterocycles. The molecular weight excluding hydrogens is 454 g/mol. The lowest BCUT2D eigenvalue weighted by Gasteiger charge is -2.39. The Morgan fingerprint density at radius 3 is 2.44 bits per heavy atom. The number of rotatable bonds is 5. The Balaban J connectivity index is 1.38. The quantitative estimate of drug-likeness (QED) is 0.228. The molecule has 5 N–H and O–H groups in total. The van der Waals surface area contributed by atoms with Gasteiger partial charge < -0.3 is 29.9 Å². The van der Waals surface area contributed by atoms with E-state index in [1.807, 2.05) is 0 Å². The van der Waals surface area contributed by atoms with E-state index >= 15 is 4.39 Å². The molecule has 0 aromatic rings. The van der Waals surface area contributed by atoms with E-state index in [0.29, 0.717) is 0 Å². The summed E-state index contributed by atoms with van der Waals surface area (Å²) in [6, 6.07) is 0.0172. The number of ether oxygens (including phenoxy) is 2. The number of hydrogen-bond acceptors (Lipinski definition) is 12. The number of fused-ring (bicyclic) bond motifs is 1. The highest BCUT2D eigenvalue weighted by Crippen LogP contribution is 2.69. The Hall–Kier alpha value is -1.02. The second-order valence-corrected chi connectivity index (χ2v) is 10.9. The van der Waals surface area contributed by atoms with Crippen molar-refractivity contribution in [1.29, 1.82) is 0 Å². The molecule has 182 valence electrons. The van der Waals surface area contributed by atoms with Gasteiger partial charge >= 0.3 is 25.6 Å². The van der Waals surface area contributed by atoms with E-state index in [2.05, 4.69) is 5.09 Å². The van der Waals surface area contributed by atoms with Gasteiger partial charge in [-0.3, -0.25) is 0 Å². The lowest BCUT2D eigenvalue weighted by atomic mass is 9.91. The van der Waals surface area contributed by atoms with Crippen molar-refractivity contribution in [2.45, 2.75) is 80.6 Å². The van der Waals surface area contributed by atoms with E-state index in [-0.39, 0.29) is 12.1 Å². The van der Waals surface area contributed by atoms with Crippen molar-refractivity contribution in [3.05, 3.63) is 0 Å². The van der Waals surface area contributed by atoms with Gasteiger partial charge in [0, 0.05) is 13.5 Å². The zero-order chi connectivity index (χ0) is 23.3. The van der Waals surface area contributed by atoms with Gasteiger partial charge in [0.1, 0.15) is 24.4 Å². The van der Waals surface area contributed by atoms with Crippen LogP contribution in [0.2, 0.25) is 0 Å². The van der Waals surface area contributed by atoms with Gasteiger partial charge in [-0.2, -0.15) is 0 Å². The van der Waals surface area contributed by atoms with Crippen molar-refractivity contribution in [2.75, 3.05) is 20.3 Å². The van der Waals surface area contributed by atoms with Gasteiger partial charge in [-0.1, -0.05) is 17.5 Å². The van der Waals surface area contributed by atoms with Crippen LogP contribution in [0.3, 0.4) is 0 Å². The minimum atomic E-state index is -3.28. The van der Waals surface area contributed by atoms with Gasteiger partial charge in [0.25, 0.3) is 0 Å². The monoisotopic (exact) mass is 483 g/mol.